The van der Waals surface area contributed by atoms with Crippen LogP contribution in [-0.4, -0.2) is 37.0 Å². The molecule has 2 amide bonds. The van der Waals surface area contributed by atoms with Crippen molar-refractivity contribution in [3.63, 3.8) is 0 Å². The molecule has 0 N–H and O–H groups in total. The van der Waals surface area contributed by atoms with Gasteiger partial charge in [-0.15, -0.1) is 0 Å². The summed E-state index contributed by atoms with van der Waals surface area (Å²) in [6.45, 7) is 1.72. The van der Waals surface area contributed by atoms with Crippen molar-refractivity contribution in [3.8, 4) is 0 Å². The number of urea groups is 1. The molecule has 0 aromatic heterocycles. The summed E-state index contributed by atoms with van der Waals surface area (Å²) in [6, 6.07) is -1.52. The molecule has 0 saturated carbocycles. The van der Waals surface area contributed by atoms with Gasteiger partial charge in [-0.3, -0.25) is 0 Å². The molecule has 0 aliphatic heterocycles. The summed E-state index contributed by atoms with van der Waals surface area (Å²) in [4.78, 5) is 10.8. The van der Waals surface area contributed by atoms with Gasteiger partial charge in [-0.2, -0.15) is 17.8 Å². The Kier molecular flexibility index (Phi) is 4.05. The van der Waals surface area contributed by atoms with Gasteiger partial charge in [-0.25, -0.2) is 4.79 Å². The van der Waals surface area contributed by atoms with Crippen LogP contribution in [0.5, 0.6) is 0 Å². The van der Waals surface area contributed by atoms with Crippen molar-refractivity contribution in [1.82, 2.24) is 9.43 Å². The number of nitrogens with zero attached hydrogens (tertiary/aromatic N) is 2. The normalized spacial score (nSPS) is 11.1. The summed E-state index contributed by atoms with van der Waals surface area (Å²) < 4.78 is 45.1. The second kappa shape index (κ2) is 4.35. The van der Waals surface area contributed by atoms with E-state index >= 15 is 0 Å². The molecule has 78 valence electrons. The predicted octanol–water partition coefficient (Wildman–Crippen LogP) is 0.849. The van der Waals surface area contributed by atoms with Gasteiger partial charge in [0.15, 0.2) is 0 Å². The molecule has 0 aliphatic rings. The molecule has 0 aliphatic carbocycles. The first-order valence-electron chi connectivity index (χ1n) is 3.54. The molecule has 0 aromatic carbocycles. The minimum atomic E-state index is -5.17. The van der Waals surface area contributed by atoms with Crippen molar-refractivity contribution in [2.45, 2.75) is 13.8 Å². The van der Waals surface area contributed by atoms with E-state index in [1.807, 2.05) is 0 Å². The van der Waals surface area contributed by atoms with Crippen LogP contribution in [0, 0.1) is 0 Å². The van der Waals surface area contributed by atoms with E-state index in [0.717, 1.165) is 0 Å². The second-order valence-corrected chi connectivity index (χ2v) is 3.33. The molecular weight excluding hydrogens is 206 g/mol. The van der Waals surface area contributed by atoms with E-state index in [4.69, 9.17) is 0 Å². The van der Waals surface area contributed by atoms with Crippen LogP contribution in [0.15, 0.2) is 0 Å². The summed E-state index contributed by atoms with van der Waals surface area (Å²) in [7, 11) is -5.17. The third kappa shape index (κ3) is 3.13. The third-order valence-corrected chi connectivity index (χ3v) is 2.19. The number of hydrogen-bond donors (Lipinski definition) is 0. The molecule has 0 unspecified atom stereocenters. The van der Waals surface area contributed by atoms with Gasteiger partial charge in [0, 0.05) is 6.54 Å². The van der Waals surface area contributed by atoms with Crippen LogP contribution in [0.4, 0.5) is 13.2 Å². The molecule has 0 spiro atoms. The topological polar surface area (TPSA) is 57.7 Å². The van der Waals surface area contributed by atoms with Gasteiger partial charge in [0.2, 0.25) is 0 Å². The van der Waals surface area contributed by atoms with Gasteiger partial charge in [-0.05, 0) is 13.8 Å². The van der Waals surface area contributed by atoms with E-state index in [2.05, 4.69) is 0 Å². The summed E-state index contributed by atoms with van der Waals surface area (Å²) in [5, 5.41) is -0.388. The Morgan fingerprint density at radius 3 is 2.00 bits per heavy atom. The standard InChI is InChI=1S/C5H10F2N2O3S/c1-3-8(6)5(10)9(4-2)13(7,11)12/h3-4H2,1-2H3. The summed E-state index contributed by atoms with van der Waals surface area (Å²) in [5.41, 5.74) is 0. The Bertz CT molecular complexity index is 280. The lowest BCUT2D eigenvalue weighted by Gasteiger charge is -2.18. The quantitative estimate of drug-likeness (QED) is 0.519. The number of carbonyl (C=O) groups is 1. The number of amides is 2. The number of carbonyl (C=O) groups excluding carboxylic acids is 1. The van der Waals surface area contributed by atoms with Crippen molar-refractivity contribution in [3.05, 3.63) is 0 Å². The van der Waals surface area contributed by atoms with Crippen molar-refractivity contribution in [1.29, 1.82) is 0 Å². The van der Waals surface area contributed by atoms with Crippen LogP contribution in [0.3, 0.4) is 0 Å². The van der Waals surface area contributed by atoms with Gasteiger partial charge in [-0.1, -0.05) is 8.37 Å². The first kappa shape index (κ1) is 12.1. The van der Waals surface area contributed by atoms with Gasteiger partial charge in [0.25, 0.3) is 0 Å². The fourth-order valence-corrected chi connectivity index (χ4v) is 1.22. The monoisotopic (exact) mass is 216 g/mol. The molecule has 0 radical (unpaired) electrons. The molecule has 0 rings (SSSR count). The number of rotatable bonds is 3. The van der Waals surface area contributed by atoms with Crippen LogP contribution in [0.1, 0.15) is 13.8 Å². The zero-order valence-electron chi connectivity index (χ0n) is 7.20. The smallest absolute Gasteiger partial charge is 0.245 e. The Labute approximate surface area is 75.2 Å². The molecule has 0 saturated heterocycles. The molecule has 13 heavy (non-hydrogen) atoms. The summed E-state index contributed by atoms with van der Waals surface area (Å²) >= 11 is 0. The maximum atomic E-state index is 12.5. The summed E-state index contributed by atoms with van der Waals surface area (Å²) in [5.74, 6) is 0. The van der Waals surface area contributed by atoms with Crippen LogP contribution < -0.4 is 0 Å². The molecular formula is C5H10F2N2O3S. The first-order valence-corrected chi connectivity index (χ1v) is 4.88. The van der Waals surface area contributed by atoms with E-state index in [1.54, 1.807) is 0 Å². The zero-order valence-corrected chi connectivity index (χ0v) is 8.01. The highest BCUT2D eigenvalue weighted by Gasteiger charge is 2.29. The Morgan fingerprint density at radius 1 is 1.31 bits per heavy atom. The van der Waals surface area contributed by atoms with Crippen molar-refractivity contribution < 1.29 is 21.6 Å². The molecule has 5 nitrogen and oxygen atoms in total. The van der Waals surface area contributed by atoms with E-state index in [1.165, 1.54) is 13.8 Å². The minimum Gasteiger partial charge on any atom is -0.245 e. The fourth-order valence-electron chi connectivity index (χ4n) is 0.639. The van der Waals surface area contributed by atoms with Crippen molar-refractivity contribution >= 4 is 16.4 Å². The number of halogens is 2. The van der Waals surface area contributed by atoms with Crippen molar-refractivity contribution in [2.75, 3.05) is 13.1 Å². The molecule has 0 bridgehead atoms. The highest BCUT2D eigenvalue weighted by Crippen LogP contribution is 2.07. The SMILES string of the molecule is CCN(F)C(=O)N(CC)S(=O)(=O)F. The first-order chi connectivity index (χ1) is 5.84. The van der Waals surface area contributed by atoms with Gasteiger partial charge in [0.1, 0.15) is 0 Å². The van der Waals surface area contributed by atoms with Crippen LogP contribution in [-0.2, 0) is 10.4 Å². The molecule has 0 atom stereocenters. The molecule has 0 heterocycles. The Morgan fingerprint density at radius 2 is 1.77 bits per heavy atom. The molecule has 0 aromatic rings. The predicted molar refractivity (Wildman–Crippen MR) is 41.3 cm³/mol. The van der Waals surface area contributed by atoms with E-state index in [9.17, 15) is 21.6 Å². The highest BCUT2D eigenvalue weighted by atomic mass is 32.3. The van der Waals surface area contributed by atoms with E-state index in [0.29, 0.717) is 0 Å². The minimum absolute atomic E-state index is 0.198. The van der Waals surface area contributed by atoms with Crippen LogP contribution >= 0.6 is 0 Å². The second-order valence-electron chi connectivity index (χ2n) is 2.07. The van der Waals surface area contributed by atoms with Crippen molar-refractivity contribution in [2.24, 2.45) is 0 Å². The van der Waals surface area contributed by atoms with Crippen LogP contribution in [0.25, 0.3) is 0 Å². The number of hydrogen-bond acceptors (Lipinski definition) is 3. The molecule has 0 fully saturated rings. The Balaban J connectivity index is 4.71. The average Bonchev–Trinajstić information content (AvgIpc) is 2.01. The largest absolute Gasteiger partial charge is 0.403 e. The van der Waals surface area contributed by atoms with Crippen LogP contribution in [0.2, 0.25) is 0 Å². The summed E-state index contributed by atoms with van der Waals surface area (Å²) in [6.07, 6.45) is 0. The van der Waals surface area contributed by atoms with E-state index < -0.39 is 23.0 Å². The van der Waals surface area contributed by atoms with Gasteiger partial charge in [0.05, 0.1) is 6.54 Å². The fraction of sp³-hybridized carbons (Fsp3) is 0.800. The maximum absolute atomic E-state index is 12.5. The van der Waals surface area contributed by atoms with E-state index in [-0.39, 0.29) is 16.0 Å². The van der Waals surface area contributed by atoms with Gasteiger partial charge < -0.3 is 0 Å². The Hall–Kier alpha value is -0.920. The maximum Gasteiger partial charge on any atom is 0.403 e. The van der Waals surface area contributed by atoms with Gasteiger partial charge >= 0.3 is 16.4 Å². The lowest BCUT2D eigenvalue weighted by molar-refractivity contribution is 0.0590. The lowest BCUT2D eigenvalue weighted by Crippen LogP contribution is -2.41. The molecule has 8 heteroatoms. The average molecular weight is 216 g/mol. The highest BCUT2D eigenvalue weighted by molar-refractivity contribution is 7.84. The third-order valence-electron chi connectivity index (χ3n) is 1.25. The lowest BCUT2D eigenvalue weighted by atomic mass is 10.7. The zero-order chi connectivity index (χ0) is 10.6.